The Morgan fingerprint density at radius 2 is 2.07 bits per heavy atom. The van der Waals surface area contributed by atoms with Gasteiger partial charge in [0.1, 0.15) is 5.75 Å². The fourth-order valence-corrected chi connectivity index (χ4v) is 2.89. The Hall–Kier alpha value is -3.36. The standard InChI is InChI=1S/C18H22N6O3/c1-4-5-10-24-14-15(23(2)18(26)21-16(14)25)20-17(24)22-19-11-12-6-8-13(27-3)9-7-12/h4-9,11,14-15H,10H2,1-3H3,(H,20,22)(H,21,25,26)/b5-4+,19-11+. The van der Waals surface area contributed by atoms with E-state index in [2.05, 4.69) is 20.8 Å². The van der Waals surface area contributed by atoms with Crippen LogP contribution in [0.3, 0.4) is 0 Å². The van der Waals surface area contributed by atoms with Crippen LogP contribution in [0.4, 0.5) is 4.79 Å². The molecule has 2 aliphatic heterocycles. The Morgan fingerprint density at radius 1 is 1.33 bits per heavy atom. The van der Waals surface area contributed by atoms with Gasteiger partial charge in [0.05, 0.1) is 13.3 Å². The topological polar surface area (TPSA) is 98.6 Å². The first-order valence-electron chi connectivity index (χ1n) is 8.51. The molecule has 2 heterocycles. The summed E-state index contributed by atoms with van der Waals surface area (Å²) in [6, 6.07) is 6.37. The fraction of sp³-hybridized carbons (Fsp3) is 0.333. The number of methoxy groups -OCH3 is 1. The highest BCUT2D eigenvalue weighted by atomic mass is 16.5. The maximum Gasteiger partial charge on any atom is 0.325 e. The number of carbonyl (C=O) groups excluding carboxylic acids is 2. The van der Waals surface area contributed by atoms with Crippen LogP contribution in [0.15, 0.2) is 46.5 Å². The molecule has 0 aliphatic carbocycles. The van der Waals surface area contributed by atoms with Crippen molar-refractivity contribution in [2.24, 2.45) is 10.1 Å². The molecule has 0 saturated carbocycles. The average molecular weight is 370 g/mol. The molecule has 0 bridgehead atoms. The van der Waals surface area contributed by atoms with Gasteiger partial charge in [0.15, 0.2) is 12.2 Å². The van der Waals surface area contributed by atoms with Crippen LogP contribution in [0.25, 0.3) is 0 Å². The predicted octanol–water partition coefficient (Wildman–Crippen LogP) is 0.743. The van der Waals surface area contributed by atoms with E-state index in [0.717, 1.165) is 11.3 Å². The van der Waals surface area contributed by atoms with E-state index < -0.39 is 18.2 Å². The smallest absolute Gasteiger partial charge is 0.325 e. The molecule has 142 valence electrons. The lowest BCUT2D eigenvalue weighted by molar-refractivity contribution is -0.126. The summed E-state index contributed by atoms with van der Waals surface area (Å²) in [6.07, 6.45) is 4.86. The van der Waals surface area contributed by atoms with Gasteiger partial charge in [-0.3, -0.25) is 10.1 Å². The molecule has 1 fully saturated rings. The molecule has 1 aromatic carbocycles. The van der Waals surface area contributed by atoms with E-state index in [0.29, 0.717) is 12.5 Å². The van der Waals surface area contributed by atoms with Gasteiger partial charge in [0, 0.05) is 13.6 Å². The van der Waals surface area contributed by atoms with E-state index in [4.69, 9.17) is 4.74 Å². The third-order valence-corrected chi connectivity index (χ3v) is 4.39. The Kier molecular flexibility index (Phi) is 5.39. The molecule has 9 nitrogen and oxygen atoms in total. The SMILES string of the molecule is C/C=C/CN1C(N/N=C/c2ccc(OC)cc2)=NC2C1C(=O)NC(=O)N2C. The van der Waals surface area contributed by atoms with Gasteiger partial charge < -0.3 is 14.5 Å². The van der Waals surface area contributed by atoms with Crippen molar-refractivity contribution in [2.75, 3.05) is 20.7 Å². The monoisotopic (exact) mass is 370 g/mol. The number of hydrazone groups is 1. The molecule has 1 aromatic rings. The van der Waals surface area contributed by atoms with Crippen molar-refractivity contribution in [1.82, 2.24) is 20.5 Å². The lowest BCUT2D eigenvalue weighted by atomic mass is 10.1. The van der Waals surface area contributed by atoms with E-state index in [1.807, 2.05) is 43.3 Å². The second kappa shape index (κ2) is 7.90. The molecular formula is C18H22N6O3. The van der Waals surface area contributed by atoms with Gasteiger partial charge in [-0.15, -0.1) is 0 Å². The van der Waals surface area contributed by atoms with Gasteiger partial charge in [-0.1, -0.05) is 12.2 Å². The number of nitrogens with one attached hydrogen (secondary N) is 2. The minimum Gasteiger partial charge on any atom is -0.497 e. The van der Waals surface area contributed by atoms with Crippen LogP contribution in [-0.2, 0) is 4.79 Å². The number of carbonyl (C=O) groups is 2. The first-order chi connectivity index (χ1) is 13.0. The summed E-state index contributed by atoms with van der Waals surface area (Å²) in [6.45, 7) is 2.37. The number of benzene rings is 1. The number of amides is 3. The van der Waals surface area contributed by atoms with E-state index >= 15 is 0 Å². The molecule has 0 spiro atoms. The molecular weight excluding hydrogens is 348 g/mol. The zero-order chi connectivity index (χ0) is 19.4. The molecule has 2 N–H and O–H groups in total. The highest BCUT2D eigenvalue weighted by Gasteiger charge is 2.48. The van der Waals surface area contributed by atoms with Crippen molar-refractivity contribution in [1.29, 1.82) is 0 Å². The zero-order valence-electron chi connectivity index (χ0n) is 15.4. The third kappa shape index (κ3) is 3.76. The number of guanidine groups is 1. The van der Waals surface area contributed by atoms with Gasteiger partial charge in [-0.05, 0) is 36.8 Å². The quantitative estimate of drug-likeness (QED) is 0.453. The van der Waals surface area contributed by atoms with Crippen LogP contribution >= 0.6 is 0 Å². The number of urea groups is 1. The Balaban J connectivity index is 1.77. The van der Waals surface area contributed by atoms with Gasteiger partial charge >= 0.3 is 6.03 Å². The molecule has 0 aromatic heterocycles. The highest BCUT2D eigenvalue weighted by molar-refractivity contribution is 6.03. The Labute approximate surface area is 157 Å². The summed E-state index contributed by atoms with van der Waals surface area (Å²) in [5.41, 5.74) is 3.77. The number of hydrogen-bond donors (Lipinski definition) is 2. The number of imide groups is 1. The summed E-state index contributed by atoms with van der Waals surface area (Å²) in [5.74, 6) is 0.831. The van der Waals surface area contributed by atoms with E-state index in [-0.39, 0.29) is 5.91 Å². The first-order valence-corrected chi connectivity index (χ1v) is 8.51. The van der Waals surface area contributed by atoms with Crippen LogP contribution < -0.4 is 15.5 Å². The van der Waals surface area contributed by atoms with Crippen LogP contribution in [0.1, 0.15) is 12.5 Å². The number of ether oxygens (including phenoxy) is 1. The summed E-state index contributed by atoms with van der Waals surface area (Å²) < 4.78 is 5.13. The lowest BCUT2D eigenvalue weighted by Gasteiger charge is -2.35. The van der Waals surface area contributed by atoms with E-state index in [1.165, 1.54) is 4.90 Å². The number of fused-ring (bicyclic) bond motifs is 1. The Bertz CT molecular complexity index is 802. The summed E-state index contributed by atoms with van der Waals surface area (Å²) in [7, 11) is 3.22. The zero-order valence-corrected chi connectivity index (χ0v) is 15.4. The summed E-state index contributed by atoms with van der Waals surface area (Å²) in [4.78, 5) is 31.9. The number of hydrogen-bond acceptors (Lipinski definition) is 7. The lowest BCUT2D eigenvalue weighted by Crippen LogP contribution is -2.64. The summed E-state index contributed by atoms with van der Waals surface area (Å²) in [5, 5.41) is 6.57. The maximum atomic E-state index is 12.3. The second-order valence-electron chi connectivity index (χ2n) is 6.08. The molecule has 3 rings (SSSR count). The van der Waals surface area contributed by atoms with Gasteiger partial charge in [0.2, 0.25) is 5.96 Å². The van der Waals surface area contributed by atoms with Crippen molar-refractivity contribution < 1.29 is 14.3 Å². The molecule has 2 atom stereocenters. The van der Waals surface area contributed by atoms with Crippen molar-refractivity contribution in [2.45, 2.75) is 19.1 Å². The molecule has 3 amide bonds. The normalized spacial score (nSPS) is 22.3. The van der Waals surface area contributed by atoms with Gasteiger partial charge in [-0.2, -0.15) is 5.10 Å². The van der Waals surface area contributed by atoms with Crippen molar-refractivity contribution in [3.8, 4) is 5.75 Å². The molecule has 0 radical (unpaired) electrons. The van der Waals surface area contributed by atoms with Crippen molar-refractivity contribution >= 4 is 24.1 Å². The number of aliphatic imine (C=N–C) groups is 1. The van der Waals surface area contributed by atoms with Crippen LogP contribution in [0.2, 0.25) is 0 Å². The molecule has 2 aliphatic rings. The average Bonchev–Trinajstić information content (AvgIpc) is 3.04. The third-order valence-electron chi connectivity index (χ3n) is 4.39. The van der Waals surface area contributed by atoms with Gasteiger partial charge in [-0.25, -0.2) is 15.2 Å². The highest BCUT2D eigenvalue weighted by Crippen LogP contribution is 2.23. The summed E-state index contributed by atoms with van der Waals surface area (Å²) >= 11 is 0. The van der Waals surface area contributed by atoms with Crippen LogP contribution in [0.5, 0.6) is 5.75 Å². The van der Waals surface area contributed by atoms with Crippen LogP contribution in [0, 0.1) is 0 Å². The van der Waals surface area contributed by atoms with Crippen molar-refractivity contribution in [3.05, 3.63) is 42.0 Å². The predicted molar refractivity (Wildman–Crippen MR) is 102 cm³/mol. The molecule has 2 unspecified atom stereocenters. The molecule has 1 saturated heterocycles. The maximum absolute atomic E-state index is 12.3. The Morgan fingerprint density at radius 3 is 2.74 bits per heavy atom. The first kappa shape index (κ1) is 18.4. The number of rotatable bonds is 5. The fourth-order valence-electron chi connectivity index (χ4n) is 2.89. The number of likely N-dealkylation sites (N-methyl/N-ethyl adjacent to an activating group) is 1. The minimum atomic E-state index is -0.595. The second-order valence-corrected chi connectivity index (χ2v) is 6.08. The van der Waals surface area contributed by atoms with Crippen LogP contribution in [-0.4, -0.2) is 66.8 Å². The number of nitrogens with zero attached hydrogens (tertiary/aromatic N) is 4. The van der Waals surface area contributed by atoms with Gasteiger partial charge in [0.25, 0.3) is 5.91 Å². The molecule has 27 heavy (non-hydrogen) atoms. The van der Waals surface area contributed by atoms with E-state index in [1.54, 1.807) is 25.3 Å². The largest absolute Gasteiger partial charge is 0.497 e. The minimum absolute atomic E-state index is 0.368. The number of allylic oxidation sites excluding steroid dienone is 1. The van der Waals surface area contributed by atoms with Crippen molar-refractivity contribution in [3.63, 3.8) is 0 Å². The van der Waals surface area contributed by atoms with E-state index in [9.17, 15) is 9.59 Å². The molecule has 9 heteroatoms.